The standard InChI is InChI=1S/C23H29NO5/c1-23(2,3)29-22(26)24(17-27-4)20(15-18-11-7-5-8-12-18)21(25)28-16-19-13-9-6-10-14-19/h5-14,20H,15-17H2,1-4H3/t20-/m0/s1. The van der Waals surface area contributed by atoms with Gasteiger partial charge in [-0.2, -0.15) is 0 Å². The average molecular weight is 399 g/mol. The van der Waals surface area contributed by atoms with Crippen molar-refractivity contribution in [3.8, 4) is 0 Å². The number of hydrogen-bond acceptors (Lipinski definition) is 5. The molecule has 2 aromatic rings. The molecule has 2 rings (SSSR count). The van der Waals surface area contributed by atoms with Crippen LogP contribution in [0.5, 0.6) is 0 Å². The lowest BCUT2D eigenvalue weighted by molar-refractivity contribution is -0.153. The fourth-order valence-electron chi connectivity index (χ4n) is 2.71. The van der Waals surface area contributed by atoms with E-state index >= 15 is 0 Å². The van der Waals surface area contributed by atoms with Crippen LogP contribution in [0.4, 0.5) is 4.79 Å². The molecular weight excluding hydrogens is 370 g/mol. The quantitative estimate of drug-likeness (QED) is 0.492. The second-order valence-corrected chi connectivity index (χ2v) is 7.67. The van der Waals surface area contributed by atoms with Crippen LogP contribution in [0, 0.1) is 0 Å². The lowest BCUT2D eigenvalue weighted by Gasteiger charge is -2.31. The van der Waals surface area contributed by atoms with E-state index in [1.807, 2.05) is 60.7 Å². The molecular formula is C23H29NO5. The van der Waals surface area contributed by atoms with Crippen molar-refractivity contribution in [1.29, 1.82) is 0 Å². The second kappa shape index (κ2) is 10.6. The van der Waals surface area contributed by atoms with E-state index in [-0.39, 0.29) is 19.8 Å². The molecule has 2 aromatic carbocycles. The third-order valence-electron chi connectivity index (χ3n) is 4.04. The molecule has 6 nitrogen and oxygen atoms in total. The van der Waals surface area contributed by atoms with Crippen LogP contribution in [0.1, 0.15) is 31.9 Å². The van der Waals surface area contributed by atoms with Crippen molar-refractivity contribution in [2.75, 3.05) is 13.8 Å². The minimum Gasteiger partial charge on any atom is -0.459 e. The maximum absolute atomic E-state index is 13.0. The van der Waals surface area contributed by atoms with E-state index in [0.29, 0.717) is 0 Å². The molecule has 0 unspecified atom stereocenters. The Hall–Kier alpha value is -2.86. The van der Waals surface area contributed by atoms with Gasteiger partial charge in [0.1, 0.15) is 25.0 Å². The summed E-state index contributed by atoms with van der Waals surface area (Å²) >= 11 is 0. The summed E-state index contributed by atoms with van der Waals surface area (Å²) in [7, 11) is 1.46. The Morgan fingerprint density at radius 1 is 0.931 bits per heavy atom. The summed E-state index contributed by atoms with van der Waals surface area (Å²) in [4.78, 5) is 27.0. The molecule has 0 N–H and O–H groups in total. The van der Waals surface area contributed by atoms with Crippen LogP contribution in [0.15, 0.2) is 60.7 Å². The van der Waals surface area contributed by atoms with E-state index < -0.39 is 23.7 Å². The van der Waals surface area contributed by atoms with Gasteiger partial charge < -0.3 is 14.2 Å². The molecule has 29 heavy (non-hydrogen) atoms. The molecule has 0 spiro atoms. The fraction of sp³-hybridized carbons (Fsp3) is 0.391. The first-order valence-corrected chi connectivity index (χ1v) is 9.53. The Kier molecular flexibility index (Phi) is 8.21. The highest BCUT2D eigenvalue weighted by Gasteiger charge is 2.34. The van der Waals surface area contributed by atoms with Gasteiger partial charge in [-0.05, 0) is 31.9 Å². The van der Waals surface area contributed by atoms with Crippen molar-refractivity contribution < 1.29 is 23.8 Å². The largest absolute Gasteiger partial charge is 0.459 e. The van der Waals surface area contributed by atoms with Gasteiger partial charge in [-0.1, -0.05) is 60.7 Å². The summed E-state index contributed by atoms with van der Waals surface area (Å²) in [5, 5.41) is 0. The van der Waals surface area contributed by atoms with Crippen molar-refractivity contribution in [3.05, 3.63) is 71.8 Å². The van der Waals surface area contributed by atoms with Crippen LogP contribution in [0.3, 0.4) is 0 Å². The molecule has 0 fully saturated rings. The highest BCUT2D eigenvalue weighted by Crippen LogP contribution is 2.17. The molecule has 6 heteroatoms. The first-order chi connectivity index (χ1) is 13.8. The minimum atomic E-state index is -0.879. The Morgan fingerprint density at radius 3 is 2.00 bits per heavy atom. The van der Waals surface area contributed by atoms with Gasteiger partial charge in [0.25, 0.3) is 0 Å². The second-order valence-electron chi connectivity index (χ2n) is 7.67. The van der Waals surface area contributed by atoms with Crippen LogP contribution in [0.2, 0.25) is 0 Å². The van der Waals surface area contributed by atoms with Crippen LogP contribution in [-0.2, 0) is 32.0 Å². The molecule has 0 aliphatic heterocycles. The summed E-state index contributed by atoms with van der Waals surface area (Å²) in [6.45, 7) is 5.36. The Balaban J connectivity index is 2.23. The third kappa shape index (κ3) is 7.58. The maximum Gasteiger partial charge on any atom is 0.412 e. The Morgan fingerprint density at radius 2 is 1.48 bits per heavy atom. The lowest BCUT2D eigenvalue weighted by Crippen LogP contribution is -2.49. The van der Waals surface area contributed by atoms with Crippen LogP contribution < -0.4 is 0 Å². The third-order valence-corrected chi connectivity index (χ3v) is 4.04. The van der Waals surface area contributed by atoms with Gasteiger partial charge in [0, 0.05) is 13.5 Å². The molecule has 156 valence electrons. The van der Waals surface area contributed by atoms with E-state index in [9.17, 15) is 9.59 Å². The summed E-state index contributed by atoms with van der Waals surface area (Å²) in [6, 6.07) is 18.0. The SMILES string of the molecule is COCN(C(=O)OC(C)(C)C)[C@@H](Cc1ccccc1)C(=O)OCc1ccccc1. The van der Waals surface area contributed by atoms with Gasteiger partial charge in [0.05, 0.1) is 0 Å². The summed E-state index contributed by atoms with van der Waals surface area (Å²) in [6.07, 6.45) is -0.339. The van der Waals surface area contributed by atoms with Crippen LogP contribution >= 0.6 is 0 Å². The van der Waals surface area contributed by atoms with Crippen molar-refractivity contribution in [2.24, 2.45) is 0 Å². The topological polar surface area (TPSA) is 65.1 Å². The van der Waals surface area contributed by atoms with E-state index in [2.05, 4.69) is 0 Å². The monoisotopic (exact) mass is 399 g/mol. The predicted molar refractivity (Wildman–Crippen MR) is 110 cm³/mol. The fourth-order valence-corrected chi connectivity index (χ4v) is 2.71. The molecule has 0 heterocycles. The van der Waals surface area contributed by atoms with Crippen LogP contribution in [0.25, 0.3) is 0 Å². The summed E-state index contributed by atoms with van der Waals surface area (Å²) in [5.41, 5.74) is 1.07. The molecule has 0 radical (unpaired) electrons. The Labute approximate surface area is 172 Å². The zero-order valence-corrected chi connectivity index (χ0v) is 17.5. The summed E-state index contributed by atoms with van der Waals surface area (Å²) in [5.74, 6) is -0.513. The molecule has 0 aliphatic rings. The van der Waals surface area contributed by atoms with E-state index in [0.717, 1.165) is 11.1 Å². The number of nitrogens with zero attached hydrogens (tertiary/aromatic N) is 1. The Bertz CT molecular complexity index is 771. The van der Waals surface area contributed by atoms with Gasteiger partial charge in [-0.15, -0.1) is 0 Å². The molecule has 0 aliphatic carbocycles. The first-order valence-electron chi connectivity index (χ1n) is 9.53. The lowest BCUT2D eigenvalue weighted by atomic mass is 10.1. The number of rotatable bonds is 8. The molecule has 0 saturated carbocycles. The van der Waals surface area contributed by atoms with Crippen molar-refractivity contribution in [1.82, 2.24) is 4.90 Å². The highest BCUT2D eigenvalue weighted by atomic mass is 16.6. The molecule has 0 bridgehead atoms. The maximum atomic E-state index is 13.0. The van der Waals surface area contributed by atoms with E-state index in [1.165, 1.54) is 12.0 Å². The number of esters is 1. The minimum absolute atomic E-state index is 0.0904. The smallest absolute Gasteiger partial charge is 0.412 e. The molecule has 0 aromatic heterocycles. The predicted octanol–water partition coefficient (Wildman–Crippen LogP) is 4.18. The van der Waals surface area contributed by atoms with Crippen molar-refractivity contribution >= 4 is 12.1 Å². The van der Waals surface area contributed by atoms with Gasteiger partial charge in [-0.25, -0.2) is 9.59 Å². The summed E-state index contributed by atoms with van der Waals surface area (Å²) < 4.78 is 16.2. The van der Waals surface area contributed by atoms with Crippen molar-refractivity contribution in [2.45, 2.75) is 45.4 Å². The number of ether oxygens (including phenoxy) is 3. The number of carbonyl (C=O) groups excluding carboxylic acids is 2. The number of methoxy groups -OCH3 is 1. The van der Waals surface area contributed by atoms with Crippen molar-refractivity contribution in [3.63, 3.8) is 0 Å². The zero-order valence-electron chi connectivity index (χ0n) is 17.5. The molecule has 1 atom stereocenters. The first kappa shape index (κ1) is 22.4. The number of carbonyl (C=O) groups is 2. The van der Waals surface area contributed by atoms with E-state index in [1.54, 1.807) is 20.8 Å². The van der Waals surface area contributed by atoms with E-state index in [4.69, 9.17) is 14.2 Å². The van der Waals surface area contributed by atoms with Gasteiger partial charge in [-0.3, -0.25) is 4.90 Å². The van der Waals surface area contributed by atoms with Gasteiger partial charge in [0.2, 0.25) is 0 Å². The molecule has 0 saturated heterocycles. The number of hydrogen-bond donors (Lipinski definition) is 0. The molecule has 1 amide bonds. The normalized spacial score (nSPS) is 12.1. The van der Waals surface area contributed by atoms with Gasteiger partial charge >= 0.3 is 12.1 Å². The number of amides is 1. The number of benzene rings is 2. The average Bonchev–Trinajstić information content (AvgIpc) is 2.69. The highest BCUT2D eigenvalue weighted by molar-refractivity contribution is 5.82. The van der Waals surface area contributed by atoms with Crippen LogP contribution in [-0.4, -0.2) is 42.4 Å². The zero-order chi connectivity index (χ0) is 21.3. The van der Waals surface area contributed by atoms with Gasteiger partial charge in [0.15, 0.2) is 0 Å².